The fourth-order valence-electron chi connectivity index (χ4n) is 1.30. The highest BCUT2D eigenvalue weighted by Crippen LogP contribution is 2.18. The number of nitrogens with one attached hydrogen (secondary N) is 1. The lowest BCUT2D eigenvalue weighted by Crippen LogP contribution is -2.24. The Kier molecular flexibility index (Phi) is 4.45. The highest BCUT2D eigenvalue weighted by molar-refractivity contribution is 5.29. The summed E-state index contributed by atoms with van der Waals surface area (Å²) in [5, 5.41) is 3.01. The van der Waals surface area contributed by atoms with Crippen molar-refractivity contribution in [3.05, 3.63) is 29.8 Å². The van der Waals surface area contributed by atoms with Crippen molar-refractivity contribution in [2.24, 2.45) is 5.73 Å². The van der Waals surface area contributed by atoms with Crippen molar-refractivity contribution in [1.29, 1.82) is 0 Å². The van der Waals surface area contributed by atoms with Crippen molar-refractivity contribution in [3.8, 4) is 5.75 Å². The molecule has 0 bridgehead atoms. The summed E-state index contributed by atoms with van der Waals surface area (Å²) >= 11 is 0. The quantitative estimate of drug-likeness (QED) is 0.784. The molecule has 15 heavy (non-hydrogen) atoms. The van der Waals surface area contributed by atoms with Crippen molar-refractivity contribution in [2.45, 2.75) is 12.7 Å². The van der Waals surface area contributed by atoms with Gasteiger partial charge in [-0.2, -0.15) is 8.78 Å². The second-order valence-corrected chi connectivity index (χ2v) is 3.02. The zero-order valence-corrected chi connectivity index (χ0v) is 8.41. The number of halogens is 2. The predicted octanol–water partition coefficient (Wildman–Crippen LogP) is 1.51. The summed E-state index contributed by atoms with van der Waals surface area (Å²) < 4.78 is 27.9. The molecular weight excluding hydrogens is 202 g/mol. The van der Waals surface area contributed by atoms with Crippen LogP contribution in [0.1, 0.15) is 11.6 Å². The zero-order valence-electron chi connectivity index (χ0n) is 8.41. The van der Waals surface area contributed by atoms with Gasteiger partial charge in [0.05, 0.1) is 0 Å². The van der Waals surface area contributed by atoms with Crippen LogP contribution in [0.2, 0.25) is 0 Å². The summed E-state index contributed by atoms with van der Waals surface area (Å²) in [4.78, 5) is 0. The second-order valence-electron chi connectivity index (χ2n) is 3.02. The minimum Gasteiger partial charge on any atom is -0.435 e. The maximum Gasteiger partial charge on any atom is 0.387 e. The van der Waals surface area contributed by atoms with Crippen LogP contribution in [0.15, 0.2) is 24.3 Å². The van der Waals surface area contributed by atoms with Crippen LogP contribution in [-0.2, 0) is 0 Å². The Balaban J connectivity index is 2.71. The minimum atomic E-state index is -2.79. The number of alkyl halides is 2. The van der Waals surface area contributed by atoms with Crippen molar-refractivity contribution < 1.29 is 13.5 Å². The number of ether oxygens (including phenoxy) is 1. The summed E-state index contributed by atoms with van der Waals surface area (Å²) in [7, 11) is 1.79. The lowest BCUT2D eigenvalue weighted by molar-refractivity contribution is -0.0498. The van der Waals surface area contributed by atoms with Crippen LogP contribution < -0.4 is 15.8 Å². The molecule has 1 atom stereocenters. The first-order valence-electron chi connectivity index (χ1n) is 4.59. The zero-order chi connectivity index (χ0) is 11.3. The van der Waals surface area contributed by atoms with Crippen LogP contribution in [0, 0.1) is 0 Å². The molecule has 0 aromatic heterocycles. The summed E-state index contributed by atoms with van der Waals surface area (Å²) in [6.45, 7) is -2.34. The fraction of sp³-hybridized carbons (Fsp3) is 0.400. The topological polar surface area (TPSA) is 47.3 Å². The van der Waals surface area contributed by atoms with Gasteiger partial charge in [0.2, 0.25) is 0 Å². The third-order valence-electron chi connectivity index (χ3n) is 2.09. The Bertz CT molecular complexity index is 286. The molecule has 0 aliphatic carbocycles. The SMILES string of the molecule is CNC(CN)c1ccc(OC(F)F)cc1. The van der Waals surface area contributed by atoms with Gasteiger partial charge >= 0.3 is 6.61 Å². The van der Waals surface area contributed by atoms with Gasteiger partial charge in [-0.25, -0.2) is 0 Å². The third-order valence-corrected chi connectivity index (χ3v) is 2.09. The van der Waals surface area contributed by atoms with Crippen molar-refractivity contribution in [1.82, 2.24) is 5.32 Å². The standard InChI is InChI=1S/C10H14F2N2O/c1-14-9(6-13)7-2-4-8(5-3-7)15-10(11)12/h2-5,9-10,14H,6,13H2,1H3. The van der Waals surface area contributed by atoms with E-state index >= 15 is 0 Å². The van der Waals surface area contributed by atoms with E-state index in [0.29, 0.717) is 6.54 Å². The Labute approximate surface area is 87.2 Å². The van der Waals surface area contributed by atoms with E-state index in [1.807, 2.05) is 0 Å². The van der Waals surface area contributed by atoms with Gasteiger partial charge in [-0.3, -0.25) is 0 Å². The maximum atomic E-state index is 11.9. The Morgan fingerprint density at radius 1 is 1.33 bits per heavy atom. The number of rotatable bonds is 5. The molecule has 0 saturated heterocycles. The normalized spacial score (nSPS) is 12.9. The molecule has 0 aliphatic heterocycles. The van der Waals surface area contributed by atoms with E-state index in [-0.39, 0.29) is 11.8 Å². The van der Waals surface area contributed by atoms with Crippen molar-refractivity contribution in [2.75, 3.05) is 13.6 Å². The van der Waals surface area contributed by atoms with Gasteiger partial charge in [-0.1, -0.05) is 12.1 Å². The lowest BCUT2D eigenvalue weighted by atomic mass is 10.1. The van der Waals surface area contributed by atoms with Crippen molar-refractivity contribution in [3.63, 3.8) is 0 Å². The van der Waals surface area contributed by atoms with E-state index in [0.717, 1.165) is 5.56 Å². The predicted molar refractivity (Wildman–Crippen MR) is 53.9 cm³/mol. The van der Waals surface area contributed by atoms with Gasteiger partial charge in [0.25, 0.3) is 0 Å². The molecule has 0 fully saturated rings. The van der Waals surface area contributed by atoms with Crippen LogP contribution in [0.3, 0.4) is 0 Å². The smallest absolute Gasteiger partial charge is 0.387 e. The monoisotopic (exact) mass is 216 g/mol. The molecule has 0 amide bonds. The first-order chi connectivity index (χ1) is 7.17. The Morgan fingerprint density at radius 2 is 1.93 bits per heavy atom. The first-order valence-corrected chi connectivity index (χ1v) is 4.59. The number of likely N-dealkylation sites (N-methyl/N-ethyl adjacent to an activating group) is 1. The molecular formula is C10H14F2N2O. The molecule has 0 saturated carbocycles. The third kappa shape index (κ3) is 3.45. The van der Waals surface area contributed by atoms with E-state index in [2.05, 4.69) is 10.1 Å². The van der Waals surface area contributed by atoms with Gasteiger partial charge < -0.3 is 15.8 Å². The summed E-state index contributed by atoms with van der Waals surface area (Å²) in [6.07, 6.45) is 0. The summed E-state index contributed by atoms with van der Waals surface area (Å²) in [6, 6.07) is 6.46. The molecule has 1 aromatic carbocycles. The molecule has 0 spiro atoms. The first kappa shape index (κ1) is 11.9. The molecule has 1 rings (SSSR count). The van der Waals surface area contributed by atoms with Gasteiger partial charge in [-0.15, -0.1) is 0 Å². The van der Waals surface area contributed by atoms with E-state index in [4.69, 9.17) is 5.73 Å². The van der Waals surface area contributed by atoms with Crippen LogP contribution in [-0.4, -0.2) is 20.2 Å². The molecule has 3 nitrogen and oxygen atoms in total. The van der Waals surface area contributed by atoms with Gasteiger partial charge in [-0.05, 0) is 24.7 Å². The maximum absolute atomic E-state index is 11.9. The molecule has 1 aromatic rings. The van der Waals surface area contributed by atoms with Gasteiger partial charge in [0.1, 0.15) is 5.75 Å². The summed E-state index contributed by atoms with van der Waals surface area (Å²) in [5.74, 6) is 0.153. The number of nitrogens with two attached hydrogens (primary N) is 1. The van der Waals surface area contributed by atoms with E-state index < -0.39 is 6.61 Å². The fourth-order valence-corrected chi connectivity index (χ4v) is 1.30. The van der Waals surface area contributed by atoms with Crippen LogP contribution in [0.4, 0.5) is 8.78 Å². The minimum absolute atomic E-state index is 0.0330. The number of hydrogen-bond donors (Lipinski definition) is 2. The molecule has 0 heterocycles. The Morgan fingerprint density at radius 3 is 2.33 bits per heavy atom. The average Bonchev–Trinajstić information content (AvgIpc) is 2.21. The van der Waals surface area contributed by atoms with E-state index in [1.54, 1.807) is 19.2 Å². The van der Waals surface area contributed by atoms with Crippen molar-refractivity contribution >= 4 is 0 Å². The van der Waals surface area contributed by atoms with Gasteiger partial charge in [0, 0.05) is 12.6 Å². The lowest BCUT2D eigenvalue weighted by Gasteiger charge is -2.14. The molecule has 3 N–H and O–H groups in total. The van der Waals surface area contributed by atoms with Crippen LogP contribution >= 0.6 is 0 Å². The number of hydrogen-bond acceptors (Lipinski definition) is 3. The largest absolute Gasteiger partial charge is 0.435 e. The number of benzene rings is 1. The molecule has 84 valence electrons. The van der Waals surface area contributed by atoms with E-state index in [9.17, 15) is 8.78 Å². The molecule has 0 radical (unpaired) electrons. The highest BCUT2D eigenvalue weighted by Gasteiger charge is 2.08. The van der Waals surface area contributed by atoms with E-state index in [1.165, 1.54) is 12.1 Å². The van der Waals surface area contributed by atoms with Crippen LogP contribution in [0.5, 0.6) is 5.75 Å². The van der Waals surface area contributed by atoms with Crippen LogP contribution in [0.25, 0.3) is 0 Å². The highest BCUT2D eigenvalue weighted by atomic mass is 19.3. The van der Waals surface area contributed by atoms with Gasteiger partial charge in [0.15, 0.2) is 0 Å². The average molecular weight is 216 g/mol. The second kappa shape index (κ2) is 5.63. The summed E-state index contributed by atoms with van der Waals surface area (Å²) in [5.41, 5.74) is 6.47. The molecule has 0 aliphatic rings. The molecule has 1 unspecified atom stereocenters. The molecule has 5 heteroatoms. The Hall–Kier alpha value is -1.20.